The van der Waals surface area contributed by atoms with Crippen molar-refractivity contribution in [1.29, 1.82) is 0 Å². The topological polar surface area (TPSA) is 65.3 Å². The van der Waals surface area contributed by atoms with E-state index in [2.05, 4.69) is 36.8 Å². The summed E-state index contributed by atoms with van der Waals surface area (Å²) in [6, 6.07) is 6.27. The molecule has 0 N–H and O–H groups in total. The second-order valence-corrected chi connectivity index (χ2v) is 5.14. The maximum absolute atomic E-state index is 10.9. The fourth-order valence-corrected chi connectivity index (χ4v) is 1.99. The molecule has 18 heavy (non-hydrogen) atoms. The number of rotatable bonds is 3. The van der Waals surface area contributed by atoms with Gasteiger partial charge in [0.1, 0.15) is 5.75 Å². The number of benzene rings is 1. The molecule has 1 aromatic carbocycles. The molecule has 2 aromatic rings. The monoisotopic (exact) mass is 372 g/mol. The molecule has 0 aliphatic heterocycles. The number of pyridine rings is 1. The van der Waals surface area contributed by atoms with Gasteiger partial charge in [0.15, 0.2) is 0 Å². The van der Waals surface area contributed by atoms with Crippen LogP contribution in [0.15, 0.2) is 45.6 Å². The van der Waals surface area contributed by atoms with Gasteiger partial charge in [-0.3, -0.25) is 15.1 Å². The van der Waals surface area contributed by atoms with E-state index in [-0.39, 0.29) is 11.4 Å². The Bertz CT molecular complexity index is 605. The largest absolute Gasteiger partial charge is 0.448 e. The first-order valence-corrected chi connectivity index (χ1v) is 6.37. The Labute approximate surface area is 119 Å². The molecule has 7 heteroatoms. The van der Waals surface area contributed by atoms with Crippen molar-refractivity contribution in [3.63, 3.8) is 0 Å². The van der Waals surface area contributed by atoms with Crippen molar-refractivity contribution < 1.29 is 9.66 Å². The Kier molecular flexibility index (Phi) is 3.93. The second-order valence-electron chi connectivity index (χ2n) is 3.31. The number of nitro groups is 1. The van der Waals surface area contributed by atoms with Crippen LogP contribution in [0.1, 0.15) is 0 Å². The Morgan fingerprint density at radius 1 is 1.17 bits per heavy atom. The Morgan fingerprint density at radius 3 is 2.61 bits per heavy atom. The van der Waals surface area contributed by atoms with Crippen molar-refractivity contribution in [1.82, 2.24) is 4.98 Å². The van der Waals surface area contributed by atoms with E-state index in [0.717, 1.165) is 4.47 Å². The van der Waals surface area contributed by atoms with Gasteiger partial charge in [-0.05, 0) is 34.1 Å². The molecule has 0 radical (unpaired) electrons. The number of hydrogen-bond acceptors (Lipinski definition) is 4. The first-order chi connectivity index (χ1) is 8.56. The molecule has 5 nitrogen and oxygen atoms in total. The first-order valence-electron chi connectivity index (χ1n) is 4.78. The van der Waals surface area contributed by atoms with Crippen LogP contribution in [0.3, 0.4) is 0 Å². The first kappa shape index (κ1) is 13.0. The Balaban J connectivity index is 2.37. The van der Waals surface area contributed by atoms with Crippen molar-refractivity contribution in [3.8, 4) is 11.5 Å². The number of nitro benzene ring substituents is 1. The summed E-state index contributed by atoms with van der Waals surface area (Å²) in [5, 5.41) is 10.9. The average Bonchev–Trinajstić information content (AvgIpc) is 2.31. The molecule has 0 saturated carbocycles. The van der Waals surface area contributed by atoms with Crippen LogP contribution in [0.4, 0.5) is 5.69 Å². The van der Waals surface area contributed by atoms with Crippen molar-refractivity contribution >= 4 is 37.5 Å². The van der Waals surface area contributed by atoms with Gasteiger partial charge in [-0.1, -0.05) is 15.9 Å². The van der Waals surface area contributed by atoms with Crippen molar-refractivity contribution in [2.45, 2.75) is 0 Å². The van der Waals surface area contributed by atoms with Gasteiger partial charge in [-0.2, -0.15) is 0 Å². The fraction of sp³-hybridized carbons (Fsp3) is 0. The summed E-state index contributed by atoms with van der Waals surface area (Å²) < 4.78 is 6.81. The maximum atomic E-state index is 10.9. The highest BCUT2D eigenvalue weighted by Crippen LogP contribution is 2.33. The van der Waals surface area contributed by atoms with Crippen molar-refractivity contribution in [2.75, 3.05) is 0 Å². The summed E-state index contributed by atoms with van der Waals surface area (Å²) in [5.74, 6) is 0.595. The second kappa shape index (κ2) is 5.45. The number of halogens is 2. The molecule has 0 amide bonds. The zero-order valence-electron chi connectivity index (χ0n) is 8.84. The molecule has 0 unspecified atom stereocenters. The minimum atomic E-state index is -0.495. The molecule has 0 fully saturated rings. The van der Waals surface area contributed by atoms with Crippen LogP contribution in [0.2, 0.25) is 0 Å². The fourth-order valence-electron chi connectivity index (χ4n) is 1.29. The van der Waals surface area contributed by atoms with Crippen LogP contribution in [0.25, 0.3) is 0 Å². The van der Waals surface area contributed by atoms with Gasteiger partial charge in [-0.25, -0.2) is 0 Å². The lowest BCUT2D eigenvalue weighted by Gasteiger charge is -2.06. The number of nitrogens with zero attached hydrogens (tertiary/aromatic N) is 2. The van der Waals surface area contributed by atoms with Gasteiger partial charge in [0, 0.05) is 21.2 Å². The van der Waals surface area contributed by atoms with Crippen LogP contribution < -0.4 is 4.74 Å². The Hall–Kier alpha value is -1.47. The van der Waals surface area contributed by atoms with Gasteiger partial charge in [0.25, 0.3) is 0 Å². The predicted molar refractivity (Wildman–Crippen MR) is 72.8 cm³/mol. The third-order valence-electron chi connectivity index (χ3n) is 2.03. The summed E-state index contributed by atoms with van der Waals surface area (Å²) in [7, 11) is 0. The molecular weight excluding hydrogens is 368 g/mol. The van der Waals surface area contributed by atoms with E-state index < -0.39 is 4.92 Å². The molecule has 0 saturated heterocycles. The van der Waals surface area contributed by atoms with Crippen molar-refractivity contribution in [2.24, 2.45) is 0 Å². The van der Waals surface area contributed by atoms with Gasteiger partial charge in [-0.15, -0.1) is 0 Å². The molecule has 0 aliphatic rings. The van der Waals surface area contributed by atoms with Gasteiger partial charge in [0.2, 0.25) is 5.75 Å². The van der Waals surface area contributed by atoms with Gasteiger partial charge >= 0.3 is 5.69 Å². The zero-order chi connectivity index (χ0) is 13.1. The van der Waals surface area contributed by atoms with Crippen molar-refractivity contribution in [3.05, 3.63) is 55.7 Å². The van der Waals surface area contributed by atoms with E-state index in [9.17, 15) is 10.1 Å². The van der Waals surface area contributed by atoms with Crippen LogP contribution in [0, 0.1) is 10.1 Å². The summed E-state index contributed by atoms with van der Waals surface area (Å²) in [6.07, 6.45) is 3.08. The minimum absolute atomic E-state index is 0.107. The molecule has 92 valence electrons. The number of hydrogen-bond donors (Lipinski definition) is 0. The van der Waals surface area contributed by atoms with Crippen LogP contribution >= 0.6 is 31.9 Å². The quantitative estimate of drug-likeness (QED) is 0.594. The standard InChI is InChI=1S/C11H6Br2N2O3/c12-7-1-2-11(10(4-7)15(16)17)18-9-3-8(13)5-14-6-9/h1-6H. The zero-order valence-corrected chi connectivity index (χ0v) is 12.0. The Morgan fingerprint density at radius 2 is 1.94 bits per heavy atom. The van der Waals surface area contributed by atoms with E-state index in [4.69, 9.17) is 4.74 Å². The number of ether oxygens (including phenoxy) is 1. The SMILES string of the molecule is O=[N+]([O-])c1cc(Br)ccc1Oc1cncc(Br)c1. The van der Waals surface area contributed by atoms with Gasteiger partial charge in [0.05, 0.1) is 11.1 Å². The molecule has 0 spiro atoms. The maximum Gasteiger partial charge on any atom is 0.312 e. The molecular formula is C11H6Br2N2O3. The van der Waals surface area contributed by atoms with Gasteiger partial charge < -0.3 is 4.74 Å². The van der Waals surface area contributed by atoms with E-state index >= 15 is 0 Å². The summed E-state index contributed by atoms with van der Waals surface area (Å²) in [4.78, 5) is 14.3. The molecule has 2 rings (SSSR count). The minimum Gasteiger partial charge on any atom is -0.448 e. The predicted octanol–water partition coefficient (Wildman–Crippen LogP) is 4.31. The lowest BCUT2D eigenvalue weighted by molar-refractivity contribution is -0.385. The summed E-state index contributed by atoms with van der Waals surface area (Å²) in [5.41, 5.74) is -0.107. The molecule has 0 aliphatic carbocycles. The highest BCUT2D eigenvalue weighted by Gasteiger charge is 2.16. The van der Waals surface area contributed by atoms with E-state index in [1.807, 2.05) is 0 Å². The summed E-state index contributed by atoms with van der Waals surface area (Å²) in [6.45, 7) is 0. The van der Waals surface area contributed by atoms with Crippen LogP contribution in [-0.4, -0.2) is 9.91 Å². The van der Waals surface area contributed by atoms with E-state index in [1.165, 1.54) is 18.3 Å². The van der Waals surface area contributed by atoms with Crippen LogP contribution in [-0.2, 0) is 0 Å². The highest BCUT2D eigenvalue weighted by molar-refractivity contribution is 9.10. The third kappa shape index (κ3) is 3.05. The lowest BCUT2D eigenvalue weighted by atomic mass is 10.3. The third-order valence-corrected chi connectivity index (χ3v) is 2.95. The normalized spacial score (nSPS) is 10.1. The van der Waals surface area contributed by atoms with E-state index in [0.29, 0.717) is 10.2 Å². The molecule has 0 bridgehead atoms. The molecule has 0 atom stereocenters. The van der Waals surface area contributed by atoms with Crippen LogP contribution in [0.5, 0.6) is 11.5 Å². The van der Waals surface area contributed by atoms with E-state index in [1.54, 1.807) is 18.3 Å². The average molecular weight is 374 g/mol. The molecule has 1 heterocycles. The lowest BCUT2D eigenvalue weighted by Crippen LogP contribution is -1.93. The smallest absolute Gasteiger partial charge is 0.312 e. The molecule has 1 aromatic heterocycles. The summed E-state index contributed by atoms with van der Waals surface area (Å²) >= 11 is 6.43. The highest BCUT2D eigenvalue weighted by atomic mass is 79.9. The number of aromatic nitrogens is 1.